The van der Waals surface area contributed by atoms with Crippen molar-refractivity contribution >= 4 is 40.7 Å². The van der Waals surface area contributed by atoms with E-state index in [2.05, 4.69) is 10.6 Å². The van der Waals surface area contributed by atoms with Gasteiger partial charge in [-0.25, -0.2) is 4.79 Å². The molecule has 0 spiro atoms. The van der Waals surface area contributed by atoms with Crippen LogP contribution in [-0.2, 0) is 10.5 Å². The second-order valence-corrected chi connectivity index (χ2v) is 7.08. The third-order valence-electron chi connectivity index (χ3n) is 3.65. The van der Waals surface area contributed by atoms with Crippen LogP contribution >= 0.6 is 24.0 Å². The number of hydrogen-bond donors (Lipinski definition) is 2. The number of furan rings is 1. The van der Waals surface area contributed by atoms with Gasteiger partial charge in [0.2, 0.25) is 0 Å². The maximum absolute atomic E-state index is 12.0. The quantitative estimate of drug-likeness (QED) is 0.373. The van der Waals surface area contributed by atoms with E-state index in [4.69, 9.17) is 21.4 Å². The summed E-state index contributed by atoms with van der Waals surface area (Å²) in [6.07, 6.45) is 2.69. The van der Waals surface area contributed by atoms with Gasteiger partial charge in [-0.05, 0) is 68.1 Å². The van der Waals surface area contributed by atoms with E-state index in [1.54, 1.807) is 19.3 Å². The van der Waals surface area contributed by atoms with E-state index in [1.807, 2.05) is 43.0 Å². The predicted octanol–water partition coefficient (Wildman–Crippen LogP) is 4.37. The van der Waals surface area contributed by atoms with Gasteiger partial charge in [0.1, 0.15) is 5.76 Å². The van der Waals surface area contributed by atoms with Gasteiger partial charge in [-0.15, -0.1) is 0 Å². The van der Waals surface area contributed by atoms with Gasteiger partial charge in [-0.1, -0.05) is 6.07 Å². The maximum atomic E-state index is 12.0. The number of benzene rings is 1. The Morgan fingerprint density at radius 2 is 2.15 bits per heavy atom. The van der Waals surface area contributed by atoms with Gasteiger partial charge in [0.05, 0.1) is 24.2 Å². The summed E-state index contributed by atoms with van der Waals surface area (Å²) < 4.78 is 10.4. The second-order valence-electron chi connectivity index (χ2n) is 5.57. The summed E-state index contributed by atoms with van der Waals surface area (Å²) in [6.45, 7) is 4.81. The number of ether oxygens (including phenoxy) is 1. The Morgan fingerprint density at radius 1 is 1.31 bits per heavy atom. The molecule has 0 aliphatic rings. The van der Waals surface area contributed by atoms with Gasteiger partial charge >= 0.3 is 5.97 Å². The Balaban J connectivity index is 1.72. The lowest BCUT2D eigenvalue weighted by atomic mass is 10.1. The number of rotatable bonds is 9. The van der Waals surface area contributed by atoms with Crippen molar-refractivity contribution in [3.63, 3.8) is 0 Å². The maximum Gasteiger partial charge on any atom is 0.338 e. The number of anilines is 1. The molecule has 0 aliphatic carbocycles. The van der Waals surface area contributed by atoms with Crippen molar-refractivity contribution in [3.8, 4) is 0 Å². The summed E-state index contributed by atoms with van der Waals surface area (Å²) in [4.78, 5) is 12.0. The molecule has 1 heterocycles. The van der Waals surface area contributed by atoms with Gasteiger partial charge in [0.25, 0.3) is 0 Å². The fourth-order valence-electron chi connectivity index (χ4n) is 2.31. The highest BCUT2D eigenvalue weighted by atomic mass is 32.2. The molecule has 140 valence electrons. The number of thioether (sulfide) groups is 1. The SMILES string of the molecule is CCOC(=O)c1cccc(NC(=S)NCCCSCc2ccco2)c1C. The molecule has 2 rings (SSSR count). The molecule has 0 amide bonds. The van der Waals surface area contributed by atoms with Crippen LogP contribution in [-0.4, -0.2) is 30.0 Å². The fourth-order valence-corrected chi connectivity index (χ4v) is 3.38. The first-order valence-electron chi connectivity index (χ1n) is 8.53. The van der Waals surface area contributed by atoms with E-state index in [-0.39, 0.29) is 5.97 Å². The van der Waals surface area contributed by atoms with Crippen LogP contribution < -0.4 is 10.6 Å². The Labute approximate surface area is 163 Å². The Bertz CT molecular complexity index is 718. The van der Waals surface area contributed by atoms with E-state index >= 15 is 0 Å². The monoisotopic (exact) mass is 392 g/mol. The third-order valence-corrected chi connectivity index (χ3v) is 4.97. The molecule has 1 aromatic heterocycles. The van der Waals surface area contributed by atoms with Crippen LogP contribution in [0.2, 0.25) is 0 Å². The number of esters is 1. The molecule has 5 nitrogen and oxygen atoms in total. The average Bonchev–Trinajstić information content (AvgIpc) is 3.13. The van der Waals surface area contributed by atoms with Crippen LogP contribution in [0.3, 0.4) is 0 Å². The molecule has 0 bridgehead atoms. The van der Waals surface area contributed by atoms with Gasteiger partial charge in [0, 0.05) is 12.2 Å². The van der Waals surface area contributed by atoms with Crippen molar-refractivity contribution in [2.45, 2.75) is 26.0 Å². The summed E-state index contributed by atoms with van der Waals surface area (Å²) in [5, 5.41) is 6.89. The van der Waals surface area contributed by atoms with E-state index < -0.39 is 0 Å². The summed E-state index contributed by atoms with van der Waals surface area (Å²) in [5.41, 5.74) is 2.18. The Kier molecular flexibility index (Phi) is 8.50. The standard InChI is InChI=1S/C19H24N2O3S2/c1-3-23-18(22)16-8-4-9-17(14(16)2)21-19(25)20-10-6-12-26-13-15-7-5-11-24-15/h4-5,7-9,11H,3,6,10,12-13H2,1-2H3,(H2,20,21,25). The van der Waals surface area contributed by atoms with Crippen molar-refractivity contribution in [1.29, 1.82) is 0 Å². The molecule has 0 aliphatic heterocycles. The molecule has 0 saturated heterocycles. The predicted molar refractivity (Wildman–Crippen MR) is 111 cm³/mol. The minimum absolute atomic E-state index is 0.318. The zero-order valence-corrected chi connectivity index (χ0v) is 16.7. The molecule has 2 N–H and O–H groups in total. The molecule has 26 heavy (non-hydrogen) atoms. The highest BCUT2D eigenvalue weighted by Gasteiger charge is 2.13. The van der Waals surface area contributed by atoms with Crippen LogP contribution in [0.4, 0.5) is 5.69 Å². The summed E-state index contributed by atoms with van der Waals surface area (Å²) in [7, 11) is 0. The third kappa shape index (κ3) is 6.38. The van der Waals surface area contributed by atoms with Gasteiger partial charge in [-0.3, -0.25) is 0 Å². The molecule has 1 aromatic carbocycles. The number of nitrogens with one attached hydrogen (secondary N) is 2. The van der Waals surface area contributed by atoms with Crippen LogP contribution in [0.15, 0.2) is 41.0 Å². The molecule has 2 aromatic rings. The summed E-state index contributed by atoms with van der Waals surface area (Å²) in [5.74, 6) is 2.58. The largest absolute Gasteiger partial charge is 0.468 e. The van der Waals surface area contributed by atoms with Crippen molar-refractivity contribution < 1.29 is 13.9 Å². The fraction of sp³-hybridized carbons (Fsp3) is 0.368. The van der Waals surface area contributed by atoms with E-state index in [9.17, 15) is 4.79 Å². The van der Waals surface area contributed by atoms with Crippen LogP contribution in [0.5, 0.6) is 0 Å². The van der Waals surface area contributed by atoms with Crippen LogP contribution in [0, 0.1) is 6.92 Å². The molecule has 0 atom stereocenters. The Hall–Kier alpha value is -1.99. The molecule has 0 unspecified atom stereocenters. The van der Waals surface area contributed by atoms with Gasteiger partial charge in [-0.2, -0.15) is 11.8 Å². The highest BCUT2D eigenvalue weighted by molar-refractivity contribution is 7.98. The number of carbonyl (C=O) groups excluding carboxylic acids is 1. The van der Waals surface area contributed by atoms with Crippen LogP contribution in [0.1, 0.15) is 35.0 Å². The molecule has 0 radical (unpaired) electrons. The summed E-state index contributed by atoms with van der Waals surface area (Å²) in [6, 6.07) is 9.35. The first-order chi connectivity index (χ1) is 12.6. The summed E-state index contributed by atoms with van der Waals surface area (Å²) >= 11 is 7.17. The van der Waals surface area contributed by atoms with Crippen molar-refractivity contribution in [2.75, 3.05) is 24.2 Å². The lowest BCUT2D eigenvalue weighted by Crippen LogP contribution is -2.30. The van der Waals surface area contributed by atoms with Crippen molar-refractivity contribution in [3.05, 3.63) is 53.5 Å². The zero-order valence-electron chi connectivity index (χ0n) is 15.0. The molecular formula is C19H24N2O3S2. The van der Waals surface area contributed by atoms with Gasteiger partial charge < -0.3 is 19.8 Å². The smallest absolute Gasteiger partial charge is 0.338 e. The first-order valence-corrected chi connectivity index (χ1v) is 10.1. The molecular weight excluding hydrogens is 368 g/mol. The number of hydrogen-bond acceptors (Lipinski definition) is 5. The number of carbonyl (C=O) groups is 1. The first kappa shape index (κ1) is 20.3. The van der Waals surface area contributed by atoms with E-state index in [1.165, 1.54) is 0 Å². The van der Waals surface area contributed by atoms with Gasteiger partial charge in [0.15, 0.2) is 5.11 Å². The van der Waals surface area contributed by atoms with E-state index in [0.717, 1.165) is 41.5 Å². The lowest BCUT2D eigenvalue weighted by Gasteiger charge is -2.14. The molecule has 7 heteroatoms. The lowest BCUT2D eigenvalue weighted by molar-refractivity contribution is 0.0525. The minimum atomic E-state index is -0.318. The minimum Gasteiger partial charge on any atom is -0.468 e. The average molecular weight is 393 g/mol. The zero-order chi connectivity index (χ0) is 18.8. The number of thiocarbonyl (C=S) groups is 1. The van der Waals surface area contributed by atoms with E-state index in [0.29, 0.717) is 17.3 Å². The molecule has 0 fully saturated rings. The Morgan fingerprint density at radius 3 is 2.88 bits per heavy atom. The second kappa shape index (κ2) is 10.9. The van der Waals surface area contributed by atoms with Crippen LogP contribution in [0.25, 0.3) is 0 Å². The van der Waals surface area contributed by atoms with Crippen molar-refractivity contribution in [1.82, 2.24) is 5.32 Å². The highest BCUT2D eigenvalue weighted by Crippen LogP contribution is 2.20. The normalized spacial score (nSPS) is 10.4. The topological polar surface area (TPSA) is 63.5 Å². The molecule has 0 saturated carbocycles. The van der Waals surface area contributed by atoms with Crippen molar-refractivity contribution in [2.24, 2.45) is 0 Å².